The van der Waals surface area contributed by atoms with E-state index >= 15 is 0 Å². The molecule has 1 aromatic heterocycles. The number of rotatable bonds is 6. The van der Waals surface area contributed by atoms with Gasteiger partial charge in [0.2, 0.25) is 10.0 Å². The molecule has 31 heavy (non-hydrogen) atoms. The van der Waals surface area contributed by atoms with E-state index in [4.69, 9.17) is 11.6 Å². The Morgan fingerprint density at radius 3 is 2.16 bits per heavy atom. The Balaban J connectivity index is 1.61. The van der Waals surface area contributed by atoms with Gasteiger partial charge in [-0.15, -0.1) is 0 Å². The van der Waals surface area contributed by atoms with Crippen molar-refractivity contribution in [1.29, 1.82) is 0 Å². The van der Waals surface area contributed by atoms with Crippen LogP contribution >= 0.6 is 11.6 Å². The highest BCUT2D eigenvalue weighted by Crippen LogP contribution is 2.23. The van der Waals surface area contributed by atoms with Crippen LogP contribution in [0, 0.1) is 0 Å². The number of pyridine rings is 1. The highest BCUT2D eigenvalue weighted by atomic mass is 35.5. The molecule has 0 radical (unpaired) electrons. The first kappa shape index (κ1) is 22.9. The second kappa shape index (κ2) is 9.18. The lowest BCUT2D eigenvalue weighted by Gasteiger charge is -2.19. The van der Waals surface area contributed by atoms with Gasteiger partial charge in [-0.1, -0.05) is 56.6 Å². The Kier molecular flexibility index (Phi) is 6.79. The molecule has 0 aliphatic heterocycles. The van der Waals surface area contributed by atoms with E-state index in [1.54, 1.807) is 48.5 Å². The van der Waals surface area contributed by atoms with E-state index < -0.39 is 10.0 Å². The summed E-state index contributed by atoms with van der Waals surface area (Å²) in [5, 5.41) is 3.07. The van der Waals surface area contributed by atoms with Gasteiger partial charge in [-0.2, -0.15) is 0 Å². The van der Waals surface area contributed by atoms with Crippen LogP contribution in [0.25, 0.3) is 0 Å². The second-order valence-electron chi connectivity index (χ2n) is 8.12. The number of benzene rings is 2. The smallest absolute Gasteiger partial charge is 0.255 e. The number of sulfonamides is 1. The van der Waals surface area contributed by atoms with Crippen molar-refractivity contribution >= 4 is 33.2 Å². The minimum absolute atomic E-state index is 0.0478. The van der Waals surface area contributed by atoms with Gasteiger partial charge in [-0.3, -0.25) is 4.79 Å². The maximum atomic E-state index is 12.6. The molecule has 0 aliphatic rings. The van der Waals surface area contributed by atoms with Gasteiger partial charge >= 0.3 is 0 Å². The van der Waals surface area contributed by atoms with Crippen LogP contribution in [-0.2, 0) is 22.0 Å². The summed E-state index contributed by atoms with van der Waals surface area (Å²) in [4.78, 5) is 16.5. The van der Waals surface area contributed by atoms with Crippen molar-refractivity contribution in [2.75, 3.05) is 5.32 Å². The molecule has 2 aromatic carbocycles. The van der Waals surface area contributed by atoms with Crippen molar-refractivity contribution in [2.45, 2.75) is 37.6 Å². The van der Waals surface area contributed by atoms with Crippen LogP contribution in [0.3, 0.4) is 0 Å². The van der Waals surface area contributed by atoms with Crippen LogP contribution in [-0.4, -0.2) is 19.3 Å². The summed E-state index contributed by atoms with van der Waals surface area (Å²) in [6.07, 6.45) is 1.47. The van der Waals surface area contributed by atoms with Gasteiger partial charge in [0.25, 0.3) is 5.91 Å². The topological polar surface area (TPSA) is 88.2 Å². The molecule has 0 bridgehead atoms. The van der Waals surface area contributed by atoms with Crippen LogP contribution < -0.4 is 10.0 Å². The third-order valence-electron chi connectivity index (χ3n) is 4.70. The second-order valence-corrected chi connectivity index (χ2v) is 10.3. The summed E-state index contributed by atoms with van der Waals surface area (Å²) in [7, 11) is -3.64. The zero-order valence-corrected chi connectivity index (χ0v) is 19.1. The minimum Gasteiger partial charge on any atom is -0.321 e. The van der Waals surface area contributed by atoms with Gasteiger partial charge in [0, 0.05) is 12.1 Å². The number of halogens is 1. The number of nitrogens with zero attached hydrogens (tertiary/aromatic N) is 1. The van der Waals surface area contributed by atoms with Crippen molar-refractivity contribution in [3.05, 3.63) is 88.7 Å². The largest absolute Gasteiger partial charge is 0.321 e. The number of hydrogen-bond donors (Lipinski definition) is 2. The fourth-order valence-electron chi connectivity index (χ4n) is 2.82. The summed E-state index contributed by atoms with van der Waals surface area (Å²) in [5.41, 5.74) is 2.73. The van der Waals surface area contributed by atoms with Crippen LogP contribution in [0.15, 0.2) is 71.8 Å². The average molecular weight is 458 g/mol. The van der Waals surface area contributed by atoms with Gasteiger partial charge in [0.1, 0.15) is 5.15 Å². The summed E-state index contributed by atoms with van der Waals surface area (Å²) in [5.74, 6) is -0.296. The lowest BCUT2D eigenvalue weighted by Crippen LogP contribution is -2.23. The number of nitrogens with one attached hydrogen (secondary N) is 2. The van der Waals surface area contributed by atoms with Gasteiger partial charge in [-0.25, -0.2) is 18.1 Å². The molecule has 3 rings (SSSR count). The monoisotopic (exact) mass is 457 g/mol. The summed E-state index contributed by atoms with van der Waals surface area (Å²) >= 11 is 5.74. The molecule has 0 aliphatic carbocycles. The minimum atomic E-state index is -3.64. The van der Waals surface area contributed by atoms with E-state index in [1.807, 2.05) is 12.1 Å². The summed E-state index contributed by atoms with van der Waals surface area (Å²) < 4.78 is 27.8. The SMILES string of the molecule is CC(C)(C)c1ccc(S(=O)(=O)NCc2ccc(C(=O)Nc3ccc(Cl)nc3)cc2)cc1. The number of amides is 1. The van der Waals surface area contributed by atoms with E-state index in [1.165, 1.54) is 6.20 Å². The van der Waals surface area contributed by atoms with E-state index in [9.17, 15) is 13.2 Å². The maximum absolute atomic E-state index is 12.6. The standard InChI is InChI=1S/C23H24ClN3O3S/c1-23(2,3)18-8-11-20(12-9-18)31(29,30)26-14-16-4-6-17(7-5-16)22(28)27-19-10-13-21(24)25-15-19/h4-13,15,26H,14H2,1-3H3,(H,27,28). The molecule has 0 spiro atoms. The van der Waals surface area contributed by atoms with E-state index in [-0.39, 0.29) is 22.8 Å². The fourth-order valence-corrected chi connectivity index (χ4v) is 3.95. The van der Waals surface area contributed by atoms with Crippen LogP contribution in [0.2, 0.25) is 5.15 Å². The van der Waals surface area contributed by atoms with E-state index in [2.05, 4.69) is 35.8 Å². The highest BCUT2D eigenvalue weighted by Gasteiger charge is 2.17. The average Bonchev–Trinajstić information content (AvgIpc) is 2.74. The molecule has 1 heterocycles. The Bertz CT molecular complexity index is 1150. The molecule has 6 nitrogen and oxygen atoms in total. The third kappa shape index (κ3) is 6.13. The summed E-state index contributed by atoms with van der Waals surface area (Å²) in [6, 6.07) is 16.8. The normalized spacial score (nSPS) is 11.9. The van der Waals surface area contributed by atoms with Crippen molar-refractivity contribution in [3.63, 3.8) is 0 Å². The molecule has 162 valence electrons. The van der Waals surface area contributed by atoms with Crippen molar-refractivity contribution in [3.8, 4) is 0 Å². The zero-order valence-electron chi connectivity index (χ0n) is 17.5. The Morgan fingerprint density at radius 2 is 1.61 bits per heavy atom. The zero-order chi connectivity index (χ0) is 22.6. The number of carbonyl (C=O) groups excluding carboxylic acids is 1. The number of aromatic nitrogens is 1. The van der Waals surface area contributed by atoms with Gasteiger partial charge in [0.15, 0.2) is 0 Å². The van der Waals surface area contributed by atoms with Crippen LogP contribution in [0.4, 0.5) is 5.69 Å². The van der Waals surface area contributed by atoms with Crippen LogP contribution in [0.1, 0.15) is 42.3 Å². The quantitative estimate of drug-likeness (QED) is 0.522. The molecule has 0 saturated carbocycles. The first-order valence-corrected chi connectivity index (χ1v) is 11.5. The van der Waals surface area contributed by atoms with E-state index in [0.29, 0.717) is 16.4 Å². The molecule has 0 atom stereocenters. The molecule has 0 unspecified atom stereocenters. The van der Waals surface area contributed by atoms with Gasteiger partial charge in [-0.05, 0) is 52.9 Å². The molecule has 0 fully saturated rings. The van der Waals surface area contributed by atoms with Crippen LogP contribution in [0.5, 0.6) is 0 Å². The molecule has 1 amide bonds. The number of hydrogen-bond acceptors (Lipinski definition) is 4. The molecular weight excluding hydrogens is 434 g/mol. The van der Waals surface area contributed by atoms with Gasteiger partial charge < -0.3 is 5.32 Å². The molecule has 0 saturated heterocycles. The first-order chi connectivity index (χ1) is 14.5. The molecule has 3 aromatic rings. The number of carbonyl (C=O) groups is 1. The first-order valence-electron chi connectivity index (χ1n) is 9.67. The Morgan fingerprint density at radius 1 is 0.968 bits per heavy atom. The molecule has 2 N–H and O–H groups in total. The van der Waals surface area contributed by atoms with Crippen molar-refractivity contribution < 1.29 is 13.2 Å². The Labute approximate surface area is 187 Å². The lowest BCUT2D eigenvalue weighted by atomic mass is 9.87. The van der Waals surface area contributed by atoms with E-state index in [0.717, 1.165) is 11.1 Å². The molecule has 8 heteroatoms. The van der Waals surface area contributed by atoms with Crippen molar-refractivity contribution in [1.82, 2.24) is 9.71 Å². The Hall–Kier alpha value is -2.74. The summed E-state index contributed by atoms with van der Waals surface area (Å²) in [6.45, 7) is 6.34. The predicted octanol–water partition coefficient (Wildman–Crippen LogP) is 4.76. The maximum Gasteiger partial charge on any atom is 0.255 e. The predicted molar refractivity (Wildman–Crippen MR) is 123 cm³/mol. The van der Waals surface area contributed by atoms with Crippen molar-refractivity contribution in [2.24, 2.45) is 0 Å². The highest BCUT2D eigenvalue weighted by molar-refractivity contribution is 7.89. The molecular formula is C23H24ClN3O3S. The third-order valence-corrected chi connectivity index (χ3v) is 6.34. The van der Waals surface area contributed by atoms with Gasteiger partial charge in [0.05, 0.1) is 16.8 Å². The number of anilines is 1. The fraction of sp³-hybridized carbons (Fsp3) is 0.217. The lowest BCUT2D eigenvalue weighted by molar-refractivity contribution is 0.102.